The molecule has 1 aliphatic heterocycles. The quantitative estimate of drug-likeness (QED) is 0.697. The van der Waals surface area contributed by atoms with Gasteiger partial charge in [-0.1, -0.05) is 0 Å². The van der Waals surface area contributed by atoms with E-state index in [1.807, 2.05) is 11.0 Å². The summed E-state index contributed by atoms with van der Waals surface area (Å²) in [7, 11) is 0. The summed E-state index contributed by atoms with van der Waals surface area (Å²) in [6.07, 6.45) is -2.60. The number of carbonyl (C=O) groups is 1. The second-order valence-electron chi connectivity index (χ2n) is 7.85. The molecule has 0 aliphatic carbocycles. The van der Waals surface area contributed by atoms with Crippen LogP contribution in [0.2, 0.25) is 0 Å². The predicted molar refractivity (Wildman–Crippen MR) is 102 cm³/mol. The van der Waals surface area contributed by atoms with Gasteiger partial charge in [0, 0.05) is 24.8 Å². The molecule has 0 saturated heterocycles. The van der Waals surface area contributed by atoms with Crippen molar-refractivity contribution in [1.29, 1.82) is 0 Å². The number of pyridine rings is 1. The predicted octanol–water partition coefficient (Wildman–Crippen LogP) is 4.52. The maximum atomic E-state index is 12.9. The van der Waals surface area contributed by atoms with Gasteiger partial charge in [-0.15, -0.1) is 0 Å². The molecule has 1 atom stereocenters. The standard InChI is InChI=1S/C21H23F3N2O3/c1-20(2,3)29-19(27)13-28-16-11-17-18(5-4-10-25-17)26(12-16)15-8-6-14(7-9-15)21(22,23)24/h4-10,16H,11-13H2,1-3H3. The molecule has 0 fully saturated rings. The molecule has 2 heterocycles. The van der Waals surface area contributed by atoms with Crippen LogP contribution in [0.15, 0.2) is 42.6 Å². The van der Waals surface area contributed by atoms with Crippen LogP contribution in [0.3, 0.4) is 0 Å². The zero-order valence-electron chi connectivity index (χ0n) is 16.5. The number of esters is 1. The third-order valence-electron chi connectivity index (χ3n) is 4.33. The first-order valence-electron chi connectivity index (χ1n) is 9.25. The lowest BCUT2D eigenvalue weighted by Gasteiger charge is -2.35. The third kappa shape index (κ3) is 5.47. The largest absolute Gasteiger partial charge is 0.458 e. The fraction of sp³-hybridized carbons (Fsp3) is 0.429. The minimum atomic E-state index is -4.39. The number of fused-ring (bicyclic) bond motifs is 1. The number of benzene rings is 1. The summed E-state index contributed by atoms with van der Waals surface area (Å²) < 4.78 is 49.6. The van der Waals surface area contributed by atoms with Crippen molar-refractivity contribution >= 4 is 17.3 Å². The lowest BCUT2D eigenvalue weighted by Crippen LogP contribution is -2.39. The van der Waals surface area contributed by atoms with Crippen LogP contribution in [0, 0.1) is 0 Å². The summed E-state index contributed by atoms with van der Waals surface area (Å²) in [6, 6.07) is 8.60. The highest BCUT2D eigenvalue weighted by molar-refractivity contribution is 5.71. The molecule has 0 saturated carbocycles. The van der Waals surface area contributed by atoms with Crippen molar-refractivity contribution in [3.8, 4) is 0 Å². The highest BCUT2D eigenvalue weighted by Crippen LogP contribution is 2.35. The van der Waals surface area contributed by atoms with E-state index in [1.54, 1.807) is 33.0 Å². The van der Waals surface area contributed by atoms with Crippen molar-refractivity contribution in [3.63, 3.8) is 0 Å². The summed E-state index contributed by atoms with van der Waals surface area (Å²) in [5.74, 6) is -0.467. The third-order valence-corrected chi connectivity index (χ3v) is 4.33. The lowest BCUT2D eigenvalue weighted by atomic mass is 10.0. The zero-order chi connectivity index (χ0) is 21.2. The van der Waals surface area contributed by atoms with Crippen LogP contribution in [0.25, 0.3) is 0 Å². The Morgan fingerprint density at radius 3 is 2.48 bits per heavy atom. The van der Waals surface area contributed by atoms with Crippen molar-refractivity contribution in [2.75, 3.05) is 18.1 Å². The Morgan fingerprint density at radius 1 is 1.17 bits per heavy atom. The summed E-state index contributed by atoms with van der Waals surface area (Å²) >= 11 is 0. The topological polar surface area (TPSA) is 51.7 Å². The van der Waals surface area contributed by atoms with Crippen molar-refractivity contribution in [2.45, 2.75) is 45.1 Å². The molecule has 1 unspecified atom stereocenters. The molecule has 156 valence electrons. The van der Waals surface area contributed by atoms with Gasteiger partial charge in [0.15, 0.2) is 0 Å². The lowest BCUT2D eigenvalue weighted by molar-refractivity contribution is -0.162. The monoisotopic (exact) mass is 408 g/mol. The second-order valence-corrected chi connectivity index (χ2v) is 7.85. The number of aromatic nitrogens is 1. The van der Waals surface area contributed by atoms with Crippen LogP contribution in [-0.2, 0) is 26.9 Å². The number of alkyl halides is 3. The minimum absolute atomic E-state index is 0.203. The van der Waals surface area contributed by atoms with Gasteiger partial charge in [-0.25, -0.2) is 4.79 Å². The Kier molecular flexibility index (Phi) is 5.84. The number of rotatable bonds is 4. The molecule has 0 N–H and O–H groups in total. The van der Waals surface area contributed by atoms with Gasteiger partial charge in [-0.2, -0.15) is 13.2 Å². The molecule has 8 heteroatoms. The average molecular weight is 408 g/mol. The number of nitrogens with zero attached hydrogens (tertiary/aromatic N) is 2. The Hall–Kier alpha value is -2.61. The number of carbonyl (C=O) groups excluding carboxylic acids is 1. The maximum absolute atomic E-state index is 12.9. The van der Waals surface area contributed by atoms with E-state index < -0.39 is 23.3 Å². The number of ether oxygens (including phenoxy) is 2. The number of hydrogen-bond acceptors (Lipinski definition) is 5. The molecule has 29 heavy (non-hydrogen) atoms. The van der Waals surface area contributed by atoms with Gasteiger partial charge in [0.1, 0.15) is 12.2 Å². The number of hydrogen-bond donors (Lipinski definition) is 0. The highest BCUT2D eigenvalue weighted by atomic mass is 19.4. The molecule has 0 radical (unpaired) electrons. The first kappa shape index (κ1) is 21.1. The van der Waals surface area contributed by atoms with Crippen LogP contribution in [0.4, 0.5) is 24.5 Å². The second kappa shape index (κ2) is 8.02. The first-order valence-corrected chi connectivity index (χ1v) is 9.25. The van der Waals surface area contributed by atoms with E-state index in [9.17, 15) is 18.0 Å². The van der Waals surface area contributed by atoms with E-state index >= 15 is 0 Å². The van der Waals surface area contributed by atoms with Gasteiger partial charge >= 0.3 is 12.1 Å². The zero-order valence-corrected chi connectivity index (χ0v) is 16.5. The summed E-state index contributed by atoms with van der Waals surface area (Å²) in [4.78, 5) is 18.2. The van der Waals surface area contributed by atoms with Gasteiger partial charge in [0.05, 0.1) is 23.0 Å². The molecular formula is C21H23F3N2O3. The maximum Gasteiger partial charge on any atom is 0.416 e. The fourth-order valence-electron chi connectivity index (χ4n) is 3.16. The Morgan fingerprint density at radius 2 is 1.86 bits per heavy atom. The molecule has 3 rings (SSSR count). The van der Waals surface area contributed by atoms with E-state index in [2.05, 4.69) is 4.98 Å². The molecule has 1 aliphatic rings. The Labute approximate surface area is 167 Å². The summed E-state index contributed by atoms with van der Waals surface area (Å²) in [5.41, 5.74) is 0.852. The van der Waals surface area contributed by atoms with E-state index in [0.29, 0.717) is 18.7 Å². The molecule has 0 spiro atoms. The summed E-state index contributed by atoms with van der Waals surface area (Å²) in [5, 5.41) is 0. The fourth-order valence-corrected chi connectivity index (χ4v) is 3.16. The first-order chi connectivity index (χ1) is 13.5. The van der Waals surface area contributed by atoms with E-state index in [1.165, 1.54) is 12.1 Å². The van der Waals surface area contributed by atoms with E-state index in [-0.39, 0.29) is 12.7 Å². The van der Waals surface area contributed by atoms with Crippen LogP contribution in [0.5, 0.6) is 0 Å². The molecule has 5 nitrogen and oxygen atoms in total. The van der Waals surface area contributed by atoms with Crippen molar-refractivity contribution in [1.82, 2.24) is 4.98 Å². The minimum Gasteiger partial charge on any atom is -0.458 e. The molecule has 0 amide bonds. The van der Waals surface area contributed by atoms with Gasteiger partial charge in [0.25, 0.3) is 0 Å². The number of halogens is 3. The van der Waals surface area contributed by atoms with Crippen LogP contribution in [-0.4, -0.2) is 35.8 Å². The summed E-state index contributed by atoms with van der Waals surface area (Å²) in [6.45, 7) is 5.51. The van der Waals surface area contributed by atoms with Gasteiger partial charge in [-0.05, 0) is 57.2 Å². The van der Waals surface area contributed by atoms with Crippen molar-refractivity contribution in [3.05, 3.63) is 53.9 Å². The van der Waals surface area contributed by atoms with E-state index in [0.717, 1.165) is 23.5 Å². The smallest absolute Gasteiger partial charge is 0.416 e. The molecule has 2 aromatic rings. The van der Waals surface area contributed by atoms with Crippen LogP contribution in [0.1, 0.15) is 32.0 Å². The van der Waals surface area contributed by atoms with Gasteiger partial charge in [0.2, 0.25) is 0 Å². The Balaban J connectivity index is 1.77. The van der Waals surface area contributed by atoms with E-state index in [4.69, 9.17) is 9.47 Å². The molecular weight excluding hydrogens is 385 g/mol. The van der Waals surface area contributed by atoms with Crippen LogP contribution >= 0.6 is 0 Å². The van der Waals surface area contributed by atoms with Crippen molar-refractivity contribution < 1.29 is 27.4 Å². The molecule has 1 aromatic carbocycles. The van der Waals surface area contributed by atoms with Gasteiger partial charge in [-0.3, -0.25) is 4.98 Å². The normalized spacial score (nSPS) is 17.0. The number of anilines is 2. The molecule has 1 aromatic heterocycles. The SMILES string of the molecule is CC(C)(C)OC(=O)COC1Cc2ncccc2N(c2ccc(C(F)(F)F)cc2)C1. The average Bonchev–Trinajstić information content (AvgIpc) is 2.64. The van der Waals surface area contributed by atoms with Crippen LogP contribution < -0.4 is 4.90 Å². The van der Waals surface area contributed by atoms with Gasteiger partial charge < -0.3 is 14.4 Å². The highest BCUT2D eigenvalue weighted by Gasteiger charge is 2.32. The molecule has 0 bridgehead atoms. The van der Waals surface area contributed by atoms with Crippen molar-refractivity contribution in [2.24, 2.45) is 0 Å². The Bertz CT molecular complexity index is 861.